The van der Waals surface area contributed by atoms with Gasteiger partial charge < -0.3 is 10.6 Å². The molecule has 5 aromatic carbocycles. The van der Waals surface area contributed by atoms with Crippen molar-refractivity contribution in [2.45, 2.75) is 31.4 Å². The minimum absolute atomic E-state index is 0.0914. The average Bonchev–Trinajstić information content (AvgIpc) is 3.63. The number of nitrogens with one attached hydrogen (secondary N) is 2. The van der Waals surface area contributed by atoms with Crippen LogP contribution in [0.2, 0.25) is 0 Å². The summed E-state index contributed by atoms with van der Waals surface area (Å²) in [7, 11) is -25.1. The highest BCUT2D eigenvalue weighted by molar-refractivity contribution is 7.87. The molecule has 7 aromatic rings. The van der Waals surface area contributed by atoms with Gasteiger partial charge in [0.1, 0.15) is 38.2 Å². The Morgan fingerprint density at radius 3 is 1.51 bits per heavy atom. The van der Waals surface area contributed by atoms with Crippen molar-refractivity contribution in [2.75, 3.05) is 10.6 Å². The second kappa shape index (κ2) is 18.8. The van der Waals surface area contributed by atoms with Crippen LogP contribution in [0.4, 0.5) is 44.4 Å². The number of anilines is 4. The van der Waals surface area contributed by atoms with E-state index in [0.29, 0.717) is 35.1 Å². The molecule has 0 unspecified atom stereocenters. The van der Waals surface area contributed by atoms with Gasteiger partial charge in [-0.15, -0.1) is 20.5 Å². The molecule has 0 saturated carbocycles. The lowest BCUT2D eigenvalue weighted by Gasteiger charge is -2.16. The summed E-state index contributed by atoms with van der Waals surface area (Å²) >= 11 is 0.706. The quantitative estimate of drug-likeness (QED) is 0.0396. The van der Waals surface area contributed by atoms with Crippen molar-refractivity contribution in [3.05, 3.63) is 120 Å². The van der Waals surface area contributed by atoms with E-state index in [0.717, 1.165) is 30.3 Å². The second-order valence-electron chi connectivity index (χ2n) is 14.2. The number of azo groups is 2. The second-order valence-corrected chi connectivity index (χ2v) is 22.3. The van der Waals surface area contributed by atoms with Gasteiger partial charge in [-0.05, 0) is 85.3 Å². The number of aromatic nitrogens is 1. The molecule has 0 fully saturated rings. The van der Waals surface area contributed by atoms with Crippen LogP contribution < -0.4 is 10.6 Å². The molecule has 0 spiro atoms. The minimum Gasteiger partial charge on any atom is -0.339 e. The zero-order valence-corrected chi connectivity index (χ0v) is 39.6. The fraction of sp³-hybridized carbons (Fsp3) is 0.0250. The first-order chi connectivity index (χ1) is 32.7. The van der Waals surface area contributed by atoms with Gasteiger partial charge >= 0.3 is 0 Å². The van der Waals surface area contributed by atoms with Gasteiger partial charge in [0.25, 0.3) is 50.6 Å². The van der Waals surface area contributed by atoms with Gasteiger partial charge in [-0.1, -0.05) is 41.7 Å². The Kier molecular flexibility index (Phi) is 13.5. The van der Waals surface area contributed by atoms with E-state index in [1.54, 1.807) is 30.3 Å². The highest BCUT2D eigenvalue weighted by Crippen LogP contribution is 2.49. The summed E-state index contributed by atoms with van der Waals surface area (Å²) in [5.74, 6) is -0.235. The van der Waals surface area contributed by atoms with Gasteiger partial charge in [-0.25, -0.2) is 4.98 Å². The molecule has 358 valence electrons. The molecule has 2 aromatic heterocycles. The number of thiophene rings is 1. The first kappa shape index (κ1) is 50.4. The highest BCUT2D eigenvalue weighted by Gasteiger charge is 2.27. The number of nitrogens with zero attached hydrogens (tertiary/aromatic N) is 7. The molecule has 0 aliphatic carbocycles. The number of hydrogen-bond acceptors (Lipinski definition) is 20. The van der Waals surface area contributed by atoms with Crippen molar-refractivity contribution < 1.29 is 64.9 Å². The van der Waals surface area contributed by atoms with Crippen LogP contribution in [0.1, 0.15) is 16.7 Å². The molecule has 0 aliphatic heterocycles. The molecule has 30 heteroatoms. The number of rotatable bonds is 14. The molecular formula is C40H27N9O15S6. The highest BCUT2D eigenvalue weighted by atomic mass is 32.2. The predicted molar refractivity (Wildman–Crippen MR) is 249 cm³/mol. The molecule has 7 N–H and O–H groups in total. The molecule has 2 heterocycles. The van der Waals surface area contributed by atoms with E-state index in [1.165, 1.54) is 31.2 Å². The van der Waals surface area contributed by atoms with E-state index < -0.39 is 91.5 Å². The number of benzene rings is 5. The van der Waals surface area contributed by atoms with Crippen molar-refractivity contribution in [1.29, 1.82) is 10.5 Å². The Balaban J connectivity index is 1.40. The number of fused-ring (bicyclic) bond motifs is 1. The average molecular weight is 1070 g/mol. The van der Waals surface area contributed by atoms with Crippen LogP contribution in [-0.4, -0.2) is 69.8 Å². The van der Waals surface area contributed by atoms with Crippen molar-refractivity contribution >= 4 is 117 Å². The lowest BCUT2D eigenvalue weighted by Crippen LogP contribution is -2.07. The molecule has 24 nitrogen and oxygen atoms in total. The molecule has 0 radical (unpaired) electrons. The Hall–Kier alpha value is -7.46. The zero-order valence-electron chi connectivity index (χ0n) is 34.7. The summed E-state index contributed by atoms with van der Waals surface area (Å²) in [6, 6.07) is 24.0. The molecule has 0 bridgehead atoms. The predicted octanol–water partition coefficient (Wildman–Crippen LogP) is 8.57. The van der Waals surface area contributed by atoms with Crippen molar-refractivity contribution in [2.24, 2.45) is 20.5 Å². The fourth-order valence-corrected chi connectivity index (χ4v) is 10.5. The molecule has 0 aliphatic rings. The van der Waals surface area contributed by atoms with Crippen LogP contribution in [0, 0.1) is 29.6 Å². The van der Waals surface area contributed by atoms with Crippen molar-refractivity contribution in [1.82, 2.24) is 4.98 Å². The summed E-state index contributed by atoms with van der Waals surface area (Å²) in [5, 5.41) is 42.0. The topological polar surface area (TPSA) is 406 Å². The lowest BCUT2D eigenvalue weighted by molar-refractivity contribution is 0.478. The molecule has 70 heavy (non-hydrogen) atoms. The van der Waals surface area contributed by atoms with E-state index in [9.17, 15) is 75.4 Å². The number of nitriles is 2. The summed E-state index contributed by atoms with van der Waals surface area (Å²) < 4.78 is 170. The summed E-state index contributed by atoms with van der Waals surface area (Å²) in [4.78, 5) is 0.213. The van der Waals surface area contributed by atoms with Gasteiger partial charge in [0.2, 0.25) is 0 Å². The summed E-state index contributed by atoms with van der Waals surface area (Å²) in [6.07, 6.45) is 0. The van der Waals surface area contributed by atoms with Crippen LogP contribution in [0.15, 0.2) is 148 Å². The maximum atomic E-state index is 12.6. The fourth-order valence-electron chi connectivity index (χ4n) is 6.54. The molecule has 0 atom stereocenters. The zero-order chi connectivity index (χ0) is 51.1. The third-order valence-corrected chi connectivity index (χ3v) is 15.0. The van der Waals surface area contributed by atoms with Gasteiger partial charge in [0, 0.05) is 33.3 Å². The minimum atomic E-state index is -5.36. The molecular weight excluding hydrogens is 1040 g/mol. The molecule has 0 saturated heterocycles. The molecule has 7 rings (SSSR count). The van der Waals surface area contributed by atoms with E-state index in [2.05, 4.69) is 36.1 Å². The van der Waals surface area contributed by atoms with Gasteiger partial charge in [-0.2, -0.15) is 52.6 Å². The first-order valence-corrected chi connectivity index (χ1v) is 26.8. The van der Waals surface area contributed by atoms with Crippen LogP contribution in [-0.2, 0) is 50.6 Å². The Labute approximate surface area is 400 Å². The maximum Gasteiger partial charge on any atom is 0.295 e. The van der Waals surface area contributed by atoms with Crippen molar-refractivity contribution in [3.63, 3.8) is 0 Å². The first-order valence-electron chi connectivity index (χ1n) is 18.8. The Bertz CT molecular complexity index is 4050. The van der Waals surface area contributed by atoms with E-state index in [4.69, 9.17) is 0 Å². The summed E-state index contributed by atoms with van der Waals surface area (Å²) in [5.41, 5.74) is 0.106. The summed E-state index contributed by atoms with van der Waals surface area (Å²) in [6.45, 7) is 1.46. The van der Waals surface area contributed by atoms with Crippen LogP contribution >= 0.6 is 11.3 Å². The number of pyridine rings is 1. The maximum absolute atomic E-state index is 12.6. The number of hydrogen-bond donors (Lipinski definition) is 7. The lowest BCUT2D eigenvalue weighted by atomic mass is 10.0. The van der Waals surface area contributed by atoms with Crippen molar-refractivity contribution in [3.8, 4) is 23.3 Å². The third kappa shape index (κ3) is 10.9. The van der Waals surface area contributed by atoms with Crippen LogP contribution in [0.5, 0.6) is 0 Å². The third-order valence-electron chi connectivity index (χ3n) is 9.70. The van der Waals surface area contributed by atoms with E-state index in [1.807, 2.05) is 12.1 Å². The monoisotopic (exact) mass is 1060 g/mol. The van der Waals surface area contributed by atoms with Gasteiger partial charge in [0.05, 0.1) is 25.9 Å². The van der Waals surface area contributed by atoms with E-state index >= 15 is 0 Å². The van der Waals surface area contributed by atoms with Crippen LogP contribution in [0.25, 0.3) is 21.9 Å². The standard InChI is InChI=1S/C40H27N9O15S6/c1-21-31(19-41)37(43-23-7-11-26(12-8-23)66(50,51)52)45-38(44-24-9-13-27(14-10-24)67(53,54)55)36(21)47-48-39-32(20-42)35(22-5-3-2-4-6-22)40(65-39)49-46-25-15-29-30(33(16-25)69(59,60)61)17-28(68(56,57)58)18-34(29)70(62,63)64/h2-18H,1H3,(H2,43,44,45)(H,50,51,52)(H,53,54,55)(H,56,57,58)(H,59,60,61)(H,62,63,64)/b48-47?,49-46+. The van der Waals surface area contributed by atoms with Crippen LogP contribution in [0.3, 0.4) is 0 Å². The SMILES string of the molecule is Cc1c(C#N)c(Nc2ccc(S(=O)(=O)O)cc2)nc(Nc2ccc(S(=O)(=O)O)cc2)c1N=Nc1sc(/N=N/c2cc(S(=O)(=O)O)c3cc(S(=O)(=O)O)cc(S(=O)(=O)O)c3c2)c(-c2ccccc2)c1C#N. The largest absolute Gasteiger partial charge is 0.339 e. The van der Waals surface area contributed by atoms with E-state index in [-0.39, 0.29) is 61.0 Å². The normalized spacial score (nSPS) is 12.6. The van der Waals surface area contributed by atoms with Gasteiger partial charge in [-0.3, -0.25) is 22.8 Å². The smallest absolute Gasteiger partial charge is 0.295 e. The van der Waals surface area contributed by atoms with Gasteiger partial charge in [0.15, 0.2) is 16.6 Å². The molecule has 0 amide bonds. The Morgan fingerprint density at radius 2 is 1.01 bits per heavy atom. The Morgan fingerprint density at radius 1 is 0.529 bits per heavy atom.